The molecule has 1 heterocycles. The minimum absolute atomic E-state index is 0.204. The first-order valence-electron chi connectivity index (χ1n) is 5.44. The van der Waals surface area contributed by atoms with Crippen molar-refractivity contribution in [2.75, 3.05) is 6.79 Å². The third-order valence-corrected chi connectivity index (χ3v) is 3.31. The maximum Gasteiger partial charge on any atom is 0.405 e. The van der Waals surface area contributed by atoms with E-state index in [1.165, 1.54) is 0 Å². The Labute approximate surface area is 113 Å². The largest absolute Gasteiger partial charge is 0.454 e. The van der Waals surface area contributed by atoms with Gasteiger partial charge >= 0.3 is 6.09 Å². The molecule has 5 nitrogen and oxygen atoms in total. The van der Waals surface area contributed by atoms with E-state index < -0.39 is 11.7 Å². The van der Waals surface area contributed by atoms with Gasteiger partial charge in [0.15, 0.2) is 11.5 Å². The molecule has 1 aliphatic heterocycles. The lowest BCUT2D eigenvalue weighted by Gasteiger charge is -2.25. The molecule has 1 aromatic carbocycles. The van der Waals surface area contributed by atoms with E-state index in [1.807, 2.05) is 12.1 Å². The van der Waals surface area contributed by atoms with Crippen LogP contribution in [0.2, 0.25) is 0 Å². The summed E-state index contributed by atoms with van der Waals surface area (Å²) in [5.74, 6) is 1.38. The van der Waals surface area contributed by atoms with Crippen LogP contribution in [0.1, 0.15) is 19.4 Å². The van der Waals surface area contributed by atoms with Crippen molar-refractivity contribution in [1.82, 2.24) is 0 Å². The van der Waals surface area contributed by atoms with Crippen molar-refractivity contribution in [3.63, 3.8) is 0 Å². The number of nitrogens with two attached hydrogens (primary N) is 1. The van der Waals surface area contributed by atoms with Gasteiger partial charge in [0.25, 0.3) is 0 Å². The highest BCUT2D eigenvalue weighted by Crippen LogP contribution is 2.41. The van der Waals surface area contributed by atoms with Gasteiger partial charge in [-0.3, -0.25) is 0 Å². The molecule has 98 valence electrons. The smallest absolute Gasteiger partial charge is 0.405 e. The van der Waals surface area contributed by atoms with Crippen molar-refractivity contribution in [1.29, 1.82) is 0 Å². The molecule has 1 aromatic rings. The first kappa shape index (κ1) is 13.0. The van der Waals surface area contributed by atoms with Gasteiger partial charge in [-0.25, -0.2) is 4.79 Å². The molecule has 0 radical (unpaired) electrons. The van der Waals surface area contributed by atoms with E-state index in [0.29, 0.717) is 17.9 Å². The summed E-state index contributed by atoms with van der Waals surface area (Å²) in [6.07, 6.45) is -0.316. The summed E-state index contributed by atoms with van der Waals surface area (Å²) in [5.41, 5.74) is 5.24. The fraction of sp³-hybridized carbons (Fsp3) is 0.417. The van der Waals surface area contributed by atoms with Crippen LogP contribution in [0.5, 0.6) is 11.5 Å². The average Bonchev–Trinajstić information content (AvgIpc) is 2.68. The van der Waals surface area contributed by atoms with Gasteiger partial charge in [-0.15, -0.1) is 0 Å². The number of hydrogen-bond donors (Lipinski definition) is 1. The van der Waals surface area contributed by atoms with E-state index in [-0.39, 0.29) is 6.79 Å². The van der Waals surface area contributed by atoms with Crippen molar-refractivity contribution < 1.29 is 19.0 Å². The number of primary amides is 1. The Morgan fingerprint density at radius 2 is 2.22 bits per heavy atom. The molecular weight excluding hydrogens is 302 g/mol. The number of carbonyl (C=O) groups is 1. The van der Waals surface area contributed by atoms with Crippen molar-refractivity contribution in [2.45, 2.75) is 25.9 Å². The van der Waals surface area contributed by atoms with Crippen LogP contribution in [0.3, 0.4) is 0 Å². The summed E-state index contributed by atoms with van der Waals surface area (Å²) in [7, 11) is 0. The van der Waals surface area contributed by atoms with Gasteiger partial charge in [0.05, 0.1) is 0 Å². The molecule has 6 heteroatoms. The quantitative estimate of drug-likeness (QED) is 0.930. The van der Waals surface area contributed by atoms with Crippen LogP contribution < -0.4 is 15.2 Å². The molecular formula is C12H14BrNO4. The van der Waals surface area contributed by atoms with Crippen LogP contribution >= 0.6 is 15.9 Å². The Balaban J connectivity index is 2.29. The second-order valence-electron chi connectivity index (χ2n) is 4.62. The average molecular weight is 316 g/mol. The summed E-state index contributed by atoms with van der Waals surface area (Å²) >= 11 is 3.46. The van der Waals surface area contributed by atoms with Gasteiger partial charge in [0.1, 0.15) is 5.60 Å². The Kier molecular flexibility index (Phi) is 3.38. The summed E-state index contributed by atoms with van der Waals surface area (Å²) in [5, 5.41) is 0. The van der Waals surface area contributed by atoms with Crippen molar-refractivity contribution in [3.8, 4) is 11.5 Å². The minimum Gasteiger partial charge on any atom is -0.454 e. The molecule has 0 aromatic heterocycles. The zero-order chi connectivity index (χ0) is 13.3. The van der Waals surface area contributed by atoms with Gasteiger partial charge in [-0.1, -0.05) is 15.9 Å². The Morgan fingerprint density at radius 3 is 2.89 bits per heavy atom. The maximum absolute atomic E-state index is 10.9. The molecule has 1 aliphatic rings. The van der Waals surface area contributed by atoms with Crippen LogP contribution in [0.4, 0.5) is 4.79 Å². The third-order valence-electron chi connectivity index (χ3n) is 2.56. The zero-order valence-electron chi connectivity index (χ0n) is 10.2. The first-order chi connectivity index (χ1) is 8.39. The second kappa shape index (κ2) is 4.68. The van der Waals surface area contributed by atoms with Crippen LogP contribution in [0, 0.1) is 0 Å². The number of benzene rings is 1. The maximum atomic E-state index is 10.9. The van der Waals surface area contributed by atoms with Crippen LogP contribution in [-0.2, 0) is 11.2 Å². The summed E-state index contributed by atoms with van der Waals surface area (Å²) in [6, 6.07) is 3.71. The molecule has 0 aliphatic carbocycles. The summed E-state index contributed by atoms with van der Waals surface area (Å²) < 4.78 is 16.7. The van der Waals surface area contributed by atoms with Crippen molar-refractivity contribution >= 4 is 22.0 Å². The minimum atomic E-state index is -0.791. The number of ether oxygens (including phenoxy) is 3. The highest BCUT2D eigenvalue weighted by Gasteiger charge is 2.28. The predicted octanol–water partition coefficient (Wildman–Crippen LogP) is 2.59. The van der Waals surface area contributed by atoms with E-state index in [1.54, 1.807) is 13.8 Å². The van der Waals surface area contributed by atoms with E-state index in [9.17, 15) is 4.79 Å². The van der Waals surface area contributed by atoms with E-state index in [2.05, 4.69) is 15.9 Å². The number of amides is 1. The topological polar surface area (TPSA) is 70.8 Å². The lowest BCUT2D eigenvalue weighted by Crippen LogP contribution is -2.33. The molecule has 0 unspecified atom stereocenters. The number of halogens is 1. The predicted molar refractivity (Wildman–Crippen MR) is 68.7 cm³/mol. The fourth-order valence-electron chi connectivity index (χ4n) is 1.90. The molecule has 0 saturated heterocycles. The van der Waals surface area contributed by atoms with Gasteiger partial charge in [0, 0.05) is 16.5 Å². The second-order valence-corrected chi connectivity index (χ2v) is 5.47. The lowest BCUT2D eigenvalue weighted by molar-refractivity contribution is 0.0453. The molecule has 0 atom stereocenters. The van der Waals surface area contributed by atoms with Gasteiger partial charge < -0.3 is 19.9 Å². The molecule has 18 heavy (non-hydrogen) atoms. The molecule has 0 saturated carbocycles. The number of fused-ring (bicyclic) bond motifs is 1. The van der Waals surface area contributed by atoms with Crippen molar-refractivity contribution in [2.24, 2.45) is 5.73 Å². The van der Waals surface area contributed by atoms with E-state index in [4.69, 9.17) is 19.9 Å². The molecule has 2 rings (SSSR count). The SMILES string of the molecule is CC(C)(Cc1c(Br)ccc2c1OCO2)OC(N)=O. The third kappa shape index (κ3) is 2.69. The Bertz CT molecular complexity index is 487. The van der Waals surface area contributed by atoms with Gasteiger partial charge in [-0.2, -0.15) is 0 Å². The first-order valence-corrected chi connectivity index (χ1v) is 6.24. The fourth-order valence-corrected chi connectivity index (χ4v) is 2.36. The molecule has 0 bridgehead atoms. The number of hydrogen-bond acceptors (Lipinski definition) is 4. The zero-order valence-corrected chi connectivity index (χ0v) is 11.7. The normalized spacial score (nSPS) is 13.5. The monoisotopic (exact) mass is 315 g/mol. The molecule has 2 N–H and O–H groups in total. The van der Waals surface area contributed by atoms with Crippen LogP contribution in [-0.4, -0.2) is 18.5 Å². The number of rotatable bonds is 3. The highest BCUT2D eigenvalue weighted by atomic mass is 79.9. The van der Waals surface area contributed by atoms with E-state index in [0.717, 1.165) is 10.0 Å². The molecule has 0 fully saturated rings. The standard InChI is InChI=1S/C12H14BrNO4/c1-12(2,18-11(14)15)5-7-8(13)3-4-9-10(7)17-6-16-9/h3-4H,5-6H2,1-2H3,(H2,14,15). The highest BCUT2D eigenvalue weighted by molar-refractivity contribution is 9.10. The Hall–Kier alpha value is -1.43. The van der Waals surface area contributed by atoms with Crippen molar-refractivity contribution in [3.05, 3.63) is 22.2 Å². The summed E-state index contributed by atoms with van der Waals surface area (Å²) in [6.45, 7) is 3.79. The lowest BCUT2D eigenvalue weighted by atomic mass is 9.97. The van der Waals surface area contributed by atoms with Gasteiger partial charge in [0.2, 0.25) is 6.79 Å². The van der Waals surface area contributed by atoms with Crippen LogP contribution in [0.15, 0.2) is 16.6 Å². The number of carbonyl (C=O) groups excluding carboxylic acids is 1. The Morgan fingerprint density at radius 1 is 1.50 bits per heavy atom. The van der Waals surface area contributed by atoms with E-state index >= 15 is 0 Å². The summed E-state index contributed by atoms with van der Waals surface area (Å²) in [4.78, 5) is 10.9. The molecule has 0 spiro atoms. The van der Waals surface area contributed by atoms with Crippen LogP contribution in [0.25, 0.3) is 0 Å². The van der Waals surface area contributed by atoms with Gasteiger partial charge in [-0.05, 0) is 26.0 Å². The molecule has 1 amide bonds.